The summed E-state index contributed by atoms with van der Waals surface area (Å²) in [7, 11) is 0. The van der Waals surface area contributed by atoms with Gasteiger partial charge in [0.1, 0.15) is 5.82 Å². The monoisotopic (exact) mass is 259 g/mol. The minimum atomic E-state index is -0.269. The molecule has 0 fully saturated rings. The van der Waals surface area contributed by atoms with Crippen LogP contribution in [-0.4, -0.2) is 14.5 Å². The lowest BCUT2D eigenvalue weighted by Gasteiger charge is -2.04. The van der Waals surface area contributed by atoms with Crippen LogP contribution in [-0.2, 0) is 6.54 Å². The maximum atomic E-state index is 13.1. The van der Waals surface area contributed by atoms with Gasteiger partial charge in [-0.1, -0.05) is 0 Å². The summed E-state index contributed by atoms with van der Waals surface area (Å²) < 4.78 is 15.7. The molecule has 0 bridgehead atoms. The maximum Gasteiger partial charge on any atom is 0.178 e. The van der Waals surface area contributed by atoms with Gasteiger partial charge in [-0.3, -0.25) is 4.98 Å². The second kappa shape index (κ2) is 4.34. The van der Waals surface area contributed by atoms with Crippen molar-refractivity contribution in [3.63, 3.8) is 0 Å². The van der Waals surface area contributed by atoms with Gasteiger partial charge in [0.2, 0.25) is 0 Å². The summed E-state index contributed by atoms with van der Waals surface area (Å²) in [5.41, 5.74) is 2.72. The largest absolute Gasteiger partial charge is 0.330 e. The van der Waals surface area contributed by atoms with Crippen LogP contribution in [0.5, 0.6) is 0 Å². The molecule has 2 heterocycles. The van der Waals surface area contributed by atoms with Crippen molar-refractivity contribution in [2.75, 3.05) is 0 Å². The van der Waals surface area contributed by atoms with Crippen LogP contribution < -0.4 is 0 Å². The molecule has 0 unspecified atom stereocenters. The van der Waals surface area contributed by atoms with Crippen LogP contribution in [0.1, 0.15) is 5.56 Å². The number of rotatable bonds is 2. The van der Waals surface area contributed by atoms with E-state index in [1.165, 1.54) is 12.1 Å². The third kappa shape index (κ3) is 1.93. The van der Waals surface area contributed by atoms with E-state index in [-0.39, 0.29) is 5.82 Å². The van der Waals surface area contributed by atoms with Gasteiger partial charge in [-0.15, -0.1) is 0 Å². The van der Waals surface area contributed by atoms with Crippen molar-refractivity contribution >= 4 is 23.3 Å². The molecule has 0 aliphatic heterocycles. The first-order chi connectivity index (χ1) is 8.74. The number of fused-ring (bicyclic) bond motifs is 1. The molecule has 3 aromatic rings. The van der Waals surface area contributed by atoms with E-state index in [9.17, 15) is 4.39 Å². The van der Waals surface area contributed by atoms with E-state index in [0.29, 0.717) is 16.8 Å². The SMILES string of the molecule is Fc1ccc2c(c1)[nH]c(=S)n2Cc1ccncc1. The molecule has 3 nitrogen and oxygen atoms in total. The quantitative estimate of drug-likeness (QED) is 0.716. The summed E-state index contributed by atoms with van der Waals surface area (Å²) in [5, 5.41) is 0. The first-order valence-electron chi connectivity index (χ1n) is 5.51. The summed E-state index contributed by atoms with van der Waals surface area (Å²) in [6, 6.07) is 8.49. The molecule has 1 N–H and O–H groups in total. The zero-order valence-electron chi connectivity index (χ0n) is 9.43. The van der Waals surface area contributed by atoms with E-state index in [1.807, 2.05) is 16.7 Å². The molecule has 0 radical (unpaired) electrons. The second-order valence-corrected chi connectivity index (χ2v) is 4.42. The van der Waals surface area contributed by atoms with Crippen LogP contribution in [0.3, 0.4) is 0 Å². The number of nitrogens with one attached hydrogen (secondary N) is 1. The molecule has 90 valence electrons. The zero-order chi connectivity index (χ0) is 12.5. The lowest BCUT2D eigenvalue weighted by Crippen LogP contribution is -1.99. The molecule has 3 rings (SSSR count). The van der Waals surface area contributed by atoms with E-state index < -0.39 is 0 Å². The second-order valence-electron chi connectivity index (χ2n) is 4.03. The number of hydrogen-bond acceptors (Lipinski definition) is 2. The Bertz CT molecular complexity index is 746. The highest BCUT2D eigenvalue weighted by Crippen LogP contribution is 2.16. The van der Waals surface area contributed by atoms with E-state index >= 15 is 0 Å². The molecule has 18 heavy (non-hydrogen) atoms. The summed E-state index contributed by atoms with van der Waals surface area (Å²) in [6.07, 6.45) is 3.49. The van der Waals surface area contributed by atoms with Gasteiger partial charge < -0.3 is 9.55 Å². The normalized spacial score (nSPS) is 10.9. The zero-order valence-corrected chi connectivity index (χ0v) is 10.2. The maximum absolute atomic E-state index is 13.1. The van der Waals surface area contributed by atoms with E-state index in [2.05, 4.69) is 9.97 Å². The van der Waals surface area contributed by atoms with Gasteiger partial charge in [-0.25, -0.2) is 4.39 Å². The molecule has 0 spiro atoms. The van der Waals surface area contributed by atoms with Crippen LogP contribution in [0.25, 0.3) is 11.0 Å². The van der Waals surface area contributed by atoms with Crippen molar-refractivity contribution in [2.45, 2.75) is 6.54 Å². The van der Waals surface area contributed by atoms with Gasteiger partial charge in [0.25, 0.3) is 0 Å². The van der Waals surface area contributed by atoms with Gasteiger partial charge in [0.15, 0.2) is 4.77 Å². The Labute approximate surface area is 108 Å². The Morgan fingerprint density at radius 2 is 2.00 bits per heavy atom. The molecule has 2 aromatic heterocycles. The fourth-order valence-corrected chi connectivity index (χ4v) is 2.24. The average Bonchev–Trinajstić information content (AvgIpc) is 2.66. The number of pyridine rings is 1. The van der Waals surface area contributed by atoms with Crippen LogP contribution in [0.15, 0.2) is 42.7 Å². The van der Waals surface area contributed by atoms with E-state index in [1.54, 1.807) is 18.5 Å². The summed E-state index contributed by atoms with van der Waals surface area (Å²) >= 11 is 5.26. The Morgan fingerprint density at radius 3 is 2.78 bits per heavy atom. The van der Waals surface area contributed by atoms with Crippen LogP contribution >= 0.6 is 12.2 Å². The van der Waals surface area contributed by atoms with Gasteiger partial charge in [-0.2, -0.15) is 0 Å². The average molecular weight is 259 g/mol. The fraction of sp³-hybridized carbons (Fsp3) is 0.0769. The molecule has 0 atom stereocenters. The summed E-state index contributed by atoms with van der Waals surface area (Å²) in [4.78, 5) is 6.99. The predicted octanol–water partition coefficient (Wildman–Crippen LogP) is 3.28. The molecular weight excluding hydrogens is 249 g/mol. The lowest BCUT2D eigenvalue weighted by molar-refractivity contribution is 0.629. The molecule has 0 saturated heterocycles. The van der Waals surface area contributed by atoms with Crippen molar-refractivity contribution in [3.05, 3.63) is 58.9 Å². The summed E-state index contributed by atoms with van der Waals surface area (Å²) in [6.45, 7) is 0.646. The van der Waals surface area contributed by atoms with E-state index in [4.69, 9.17) is 12.2 Å². The van der Waals surface area contributed by atoms with Crippen molar-refractivity contribution in [1.82, 2.24) is 14.5 Å². The molecule has 0 amide bonds. The van der Waals surface area contributed by atoms with Crippen molar-refractivity contribution in [1.29, 1.82) is 0 Å². The Balaban J connectivity index is 2.12. The highest BCUT2D eigenvalue weighted by atomic mass is 32.1. The van der Waals surface area contributed by atoms with Crippen molar-refractivity contribution < 1.29 is 4.39 Å². The lowest BCUT2D eigenvalue weighted by atomic mass is 10.2. The molecule has 5 heteroatoms. The highest BCUT2D eigenvalue weighted by molar-refractivity contribution is 7.71. The number of aromatic nitrogens is 3. The third-order valence-electron chi connectivity index (χ3n) is 2.83. The Kier molecular flexibility index (Phi) is 2.68. The van der Waals surface area contributed by atoms with Gasteiger partial charge >= 0.3 is 0 Å². The van der Waals surface area contributed by atoms with Crippen LogP contribution in [0.4, 0.5) is 4.39 Å². The van der Waals surface area contributed by atoms with Crippen molar-refractivity contribution in [2.24, 2.45) is 0 Å². The van der Waals surface area contributed by atoms with Crippen LogP contribution in [0.2, 0.25) is 0 Å². The molecule has 1 aromatic carbocycles. The number of benzene rings is 1. The number of nitrogens with zero attached hydrogens (tertiary/aromatic N) is 2. The fourth-order valence-electron chi connectivity index (χ4n) is 1.96. The first kappa shape index (κ1) is 11.1. The van der Waals surface area contributed by atoms with Gasteiger partial charge in [-0.05, 0) is 48.1 Å². The topological polar surface area (TPSA) is 33.6 Å². The van der Waals surface area contributed by atoms with Crippen LogP contribution in [0, 0.1) is 10.6 Å². The molecule has 0 aliphatic rings. The minimum Gasteiger partial charge on any atom is -0.330 e. The first-order valence-corrected chi connectivity index (χ1v) is 5.92. The smallest absolute Gasteiger partial charge is 0.178 e. The molecule has 0 aliphatic carbocycles. The van der Waals surface area contributed by atoms with Gasteiger partial charge in [0.05, 0.1) is 17.6 Å². The standard InChI is InChI=1S/C13H10FN3S/c14-10-1-2-12-11(7-10)16-13(18)17(12)8-9-3-5-15-6-4-9/h1-7H,8H2,(H,16,18). The number of halogens is 1. The number of H-pyrrole nitrogens is 1. The van der Waals surface area contributed by atoms with Gasteiger partial charge in [0, 0.05) is 12.4 Å². The Morgan fingerprint density at radius 1 is 1.22 bits per heavy atom. The predicted molar refractivity (Wildman–Crippen MR) is 70.4 cm³/mol. The molecular formula is C13H10FN3S. The number of hydrogen-bond donors (Lipinski definition) is 1. The van der Waals surface area contributed by atoms with Crippen molar-refractivity contribution in [3.8, 4) is 0 Å². The number of aromatic amines is 1. The summed E-state index contributed by atoms with van der Waals surface area (Å²) in [5.74, 6) is -0.269. The van der Waals surface area contributed by atoms with E-state index in [0.717, 1.165) is 11.1 Å². The number of imidazole rings is 1. The third-order valence-corrected chi connectivity index (χ3v) is 3.15. The minimum absolute atomic E-state index is 0.269. The Hall–Kier alpha value is -2.01. The highest BCUT2D eigenvalue weighted by Gasteiger charge is 2.05. The molecule has 0 saturated carbocycles.